The summed E-state index contributed by atoms with van der Waals surface area (Å²) < 4.78 is 1.22. The molecule has 3 rings (SSSR count). The van der Waals surface area contributed by atoms with Gasteiger partial charge in [0.15, 0.2) is 0 Å². The molecule has 0 amide bonds. The smallest absolute Gasteiger partial charge is 0.104 e. The first-order valence-corrected chi connectivity index (χ1v) is 10.4. The molecule has 1 fully saturated rings. The van der Waals surface area contributed by atoms with Crippen molar-refractivity contribution in [2.24, 2.45) is 0 Å². The second-order valence-electron chi connectivity index (χ2n) is 9.36. The van der Waals surface area contributed by atoms with Crippen LogP contribution in [0.1, 0.15) is 69.1 Å². The van der Waals surface area contributed by atoms with Crippen LogP contribution in [-0.2, 0) is 12.0 Å². The molecule has 2 aromatic rings. The van der Waals surface area contributed by atoms with E-state index in [9.17, 15) is 0 Å². The number of likely N-dealkylation sites (tertiary alicyclic amines) is 1. The summed E-state index contributed by atoms with van der Waals surface area (Å²) in [6.45, 7) is 11.0. The first-order chi connectivity index (χ1) is 12.4. The van der Waals surface area contributed by atoms with Gasteiger partial charge in [0.05, 0.1) is 20.1 Å². The molecule has 0 aliphatic carbocycles. The third-order valence-electron chi connectivity index (χ3n) is 6.52. The van der Waals surface area contributed by atoms with Gasteiger partial charge in [-0.05, 0) is 35.3 Å². The zero-order valence-corrected chi connectivity index (χ0v) is 17.2. The minimum Gasteiger partial charge on any atom is -0.322 e. The topological polar surface area (TPSA) is 0 Å². The molecule has 0 bridgehead atoms. The molecule has 1 unspecified atom stereocenters. The Morgan fingerprint density at radius 1 is 0.923 bits per heavy atom. The summed E-state index contributed by atoms with van der Waals surface area (Å²) in [5.74, 6) is 0.614. The molecule has 26 heavy (non-hydrogen) atoms. The third-order valence-corrected chi connectivity index (χ3v) is 6.52. The third kappa shape index (κ3) is 4.76. The number of hydrogen-bond donors (Lipinski definition) is 0. The number of rotatable bonds is 7. The van der Waals surface area contributed by atoms with Crippen LogP contribution in [0.5, 0.6) is 0 Å². The quantitative estimate of drug-likeness (QED) is 0.515. The van der Waals surface area contributed by atoms with Gasteiger partial charge in [0.2, 0.25) is 0 Å². The van der Waals surface area contributed by atoms with Crippen LogP contribution in [0, 0.1) is 0 Å². The minimum atomic E-state index is 0.240. The van der Waals surface area contributed by atoms with Crippen LogP contribution in [0.4, 0.5) is 0 Å². The Morgan fingerprint density at radius 2 is 1.54 bits per heavy atom. The molecule has 0 radical (unpaired) electrons. The first-order valence-electron chi connectivity index (χ1n) is 10.4. The highest BCUT2D eigenvalue weighted by Crippen LogP contribution is 2.32. The lowest BCUT2D eigenvalue weighted by atomic mass is 9.78. The lowest BCUT2D eigenvalue weighted by molar-refractivity contribution is -0.910. The number of hydrogen-bond acceptors (Lipinski definition) is 0. The fourth-order valence-electron chi connectivity index (χ4n) is 4.43. The molecule has 1 saturated heterocycles. The highest BCUT2D eigenvalue weighted by atomic mass is 15.3. The molecule has 0 N–H and O–H groups in total. The second-order valence-corrected chi connectivity index (χ2v) is 9.36. The van der Waals surface area contributed by atoms with Gasteiger partial charge in [-0.25, -0.2) is 0 Å². The van der Waals surface area contributed by atoms with E-state index in [0.29, 0.717) is 5.92 Å². The van der Waals surface area contributed by atoms with Crippen LogP contribution in [0.15, 0.2) is 54.6 Å². The van der Waals surface area contributed by atoms with E-state index in [4.69, 9.17) is 0 Å². The second kappa shape index (κ2) is 7.96. The van der Waals surface area contributed by atoms with Crippen molar-refractivity contribution in [2.75, 3.05) is 20.1 Å². The first kappa shape index (κ1) is 19.2. The maximum absolute atomic E-state index is 2.41. The molecule has 140 valence electrons. The molecule has 0 aromatic heterocycles. The van der Waals surface area contributed by atoms with Crippen LogP contribution in [0.2, 0.25) is 0 Å². The van der Waals surface area contributed by atoms with Gasteiger partial charge in [0.1, 0.15) is 6.54 Å². The van der Waals surface area contributed by atoms with Gasteiger partial charge in [-0.2, -0.15) is 0 Å². The molecule has 1 atom stereocenters. The van der Waals surface area contributed by atoms with Crippen molar-refractivity contribution < 1.29 is 4.48 Å². The normalized spacial score (nSPS) is 18.0. The fourth-order valence-corrected chi connectivity index (χ4v) is 4.43. The summed E-state index contributed by atoms with van der Waals surface area (Å²) in [5.41, 5.74) is 4.67. The van der Waals surface area contributed by atoms with Crippen molar-refractivity contribution >= 4 is 0 Å². The van der Waals surface area contributed by atoms with Crippen LogP contribution in [0.25, 0.3) is 0 Å². The van der Waals surface area contributed by atoms with Crippen molar-refractivity contribution in [1.29, 1.82) is 0 Å². The average molecular weight is 351 g/mol. The van der Waals surface area contributed by atoms with Crippen molar-refractivity contribution in [3.8, 4) is 0 Å². The summed E-state index contributed by atoms with van der Waals surface area (Å²) in [6.07, 6.45) is 5.23. The van der Waals surface area contributed by atoms with E-state index in [2.05, 4.69) is 82.4 Å². The van der Waals surface area contributed by atoms with Crippen LogP contribution in [-0.4, -0.2) is 24.6 Å². The summed E-state index contributed by atoms with van der Waals surface area (Å²) in [6, 6.07) is 20.4. The van der Waals surface area contributed by atoms with Crippen molar-refractivity contribution in [1.82, 2.24) is 0 Å². The molecular weight excluding hydrogens is 314 g/mol. The van der Waals surface area contributed by atoms with Crippen molar-refractivity contribution in [3.05, 3.63) is 71.3 Å². The SMILES string of the molecule is CC(CCC(C)(C)c1ccccc1)c1ccc(C[N+]2(C)CCCC2)cc1. The van der Waals surface area contributed by atoms with Gasteiger partial charge in [-0.1, -0.05) is 75.4 Å². The minimum absolute atomic E-state index is 0.240. The van der Waals surface area contributed by atoms with E-state index < -0.39 is 0 Å². The maximum atomic E-state index is 2.41. The van der Waals surface area contributed by atoms with Gasteiger partial charge >= 0.3 is 0 Å². The van der Waals surface area contributed by atoms with E-state index in [1.807, 2.05) is 0 Å². The van der Waals surface area contributed by atoms with Crippen LogP contribution in [0.3, 0.4) is 0 Å². The van der Waals surface area contributed by atoms with Gasteiger partial charge in [0, 0.05) is 18.4 Å². The lowest BCUT2D eigenvalue weighted by Crippen LogP contribution is -2.39. The summed E-state index contributed by atoms with van der Waals surface area (Å²) in [5, 5.41) is 0. The largest absolute Gasteiger partial charge is 0.322 e. The number of benzene rings is 2. The van der Waals surface area contributed by atoms with Gasteiger partial charge < -0.3 is 4.48 Å². The predicted molar refractivity (Wildman–Crippen MR) is 112 cm³/mol. The Labute approximate surface area is 160 Å². The zero-order chi connectivity index (χ0) is 18.6. The number of nitrogens with zero attached hydrogens (tertiary/aromatic N) is 1. The van der Waals surface area contributed by atoms with E-state index in [0.717, 1.165) is 0 Å². The Kier molecular flexibility index (Phi) is 5.87. The molecule has 0 spiro atoms. The molecular formula is C25H36N+. The number of quaternary nitrogens is 1. The average Bonchev–Trinajstić information content (AvgIpc) is 3.07. The predicted octanol–water partition coefficient (Wildman–Crippen LogP) is 6.29. The van der Waals surface area contributed by atoms with E-state index >= 15 is 0 Å². The van der Waals surface area contributed by atoms with Crippen LogP contribution < -0.4 is 0 Å². The molecule has 1 heteroatoms. The monoisotopic (exact) mass is 350 g/mol. The van der Waals surface area contributed by atoms with Crippen molar-refractivity contribution in [2.45, 2.75) is 64.3 Å². The summed E-state index contributed by atoms with van der Waals surface area (Å²) >= 11 is 0. The molecule has 1 aliphatic heterocycles. The Balaban J connectivity index is 1.57. The van der Waals surface area contributed by atoms with Gasteiger partial charge in [0.25, 0.3) is 0 Å². The van der Waals surface area contributed by atoms with E-state index in [-0.39, 0.29) is 5.41 Å². The van der Waals surface area contributed by atoms with E-state index in [1.54, 1.807) is 0 Å². The van der Waals surface area contributed by atoms with Gasteiger partial charge in [-0.15, -0.1) is 0 Å². The molecule has 1 nitrogen and oxygen atoms in total. The molecule has 1 aliphatic rings. The maximum Gasteiger partial charge on any atom is 0.104 e. The Bertz CT molecular complexity index is 678. The Hall–Kier alpha value is -1.60. The van der Waals surface area contributed by atoms with Gasteiger partial charge in [-0.3, -0.25) is 0 Å². The highest BCUT2D eigenvalue weighted by Gasteiger charge is 2.27. The molecule has 1 heterocycles. The standard InChI is InChI=1S/C25H36N/c1-21(16-17-25(2,3)24-10-6-5-7-11-24)23-14-12-22(13-15-23)20-26(4)18-8-9-19-26/h5-7,10-15,21H,8-9,16-20H2,1-4H3/q+1. The summed E-state index contributed by atoms with van der Waals surface area (Å²) in [7, 11) is 2.41. The van der Waals surface area contributed by atoms with Crippen LogP contribution >= 0.6 is 0 Å². The summed E-state index contributed by atoms with van der Waals surface area (Å²) in [4.78, 5) is 0. The zero-order valence-electron chi connectivity index (χ0n) is 17.2. The highest BCUT2D eigenvalue weighted by molar-refractivity contribution is 5.26. The lowest BCUT2D eigenvalue weighted by Gasteiger charge is -2.29. The van der Waals surface area contributed by atoms with E-state index in [1.165, 1.54) is 66.5 Å². The molecule has 0 saturated carbocycles. The Morgan fingerprint density at radius 3 is 2.15 bits per heavy atom. The fraction of sp³-hybridized carbons (Fsp3) is 0.520. The van der Waals surface area contributed by atoms with Crippen molar-refractivity contribution in [3.63, 3.8) is 0 Å². The molecule has 2 aromatic carbocycles.